The second-order valence-electron chi connectivity index (χ2n) is 5.47. The largest absolute Gasteiger partial charge is 0.480 e. The van der Waals surface area contributed by atoms with Gasteiger partial charge in [0.1, 0.15) is 6.04 Å². The van der Waals surface area contributed by atoms with Crippen LogP contribution in [0.25, 0.3) is 0 Å². The maximum atomic E-state index is 12.5. The van der Waals surface area contributed by atoms with Gasteiger partial charge in [0.25, 0.3) is 0 Å². The quantitative estimate of drug-likeness (QED) is 0.613. The molecular weight excluding hydrogens is 260 g/mol. The number of carboxylic acids is 1. The van der Waals surface area contributed by atoms with E-state index < -0.39 is 17.4 Å². The summed E-state index contributed by atoms with van der Waals surface area (Å²) < 4.78 is 5.19. The molecule has 1 saturated heterocycles. The first kappa shape index (κ1) is 16.9. The van der Waals surface area contributed by atoms with Gasteiger partial charge in [-0.3, -0.25) is 4.79 Å². The Balaban J connectivity index is 2.70. The second kappa shape index (κ2) is 8.21. The third-order valence-electron chi connectivity index (χ3n) is 3.91. The summed E-state index contributed by atoms with van der Waals surface area (Å²) in [6, 6.07) is -0.800. The molecule has 1 rings (SSSR count). The molecule has 1 aliphatic rings. The van der Waals surface area contributed by atoms with Crippen LogP contribution in [0.4, 0.5) is 0 Å². The molecule has 3 N–H and O–H groups in total. The third-order valence-corrected chi connectivity index (χ3v) is 3.91. The van der Waals surface area contributed by atoms with Gasteiger partial charge in [0.05, 0.1) is 12.0 Å². The molecule has 0 saturated carbocycles. The molecule has 0 unspecified atom stereocenters. The highest BCUT2D eigenvalue weighted by Gasteiger charge is 2.41. The molecule has 116 valence electrons. The summed E-state index contributed by atoms with van der Waals surface area (Å²) >= 11 is 0. The fraction of sp³-hybridized carbons (Fsp3) is 0.857. The van der Waals surface area contributed by atoms with E-state index in [2.05, 4.69) is 10.6 Å². The van der Waals surface area contributed by atoms with Gasteiger partial charge in [0.2, 0.25) is 5.91 Å². The van der Waals surface area contributed by atoms with Crippen LogP contribution in [-0.2, 0) is 14.3 Å². The normalized spacial score (nSPS) is 19.3. The van der Waals surface area contributed by atoms with E-state index in [1.54, 1.807) is 7.11 Å². The Hall–Kier alpha value is -1.14. The molecule has 20 heavy (non-hydrogen) atoms. The molecule has 1 heterocycles. The van der Waals surface area contributed by atoms with E-state index in [0.717, 1.165) is 25.9 Å². The van der Waals surface area contributed by atoms with Gasteiger partial charge >= 0.3 is 5.97 Å². The average Bonchev–Trinajstić information content (AvgIpc) is 2.44. The second-order valence-corrected chi connectivity index (χ2v) is 5.47. The van der Waals surface area contributed by atoms with Gasteiger partial charge in [0.15, 0.2) is 0 Å². The zero-order chi connectivity index (χ0) is 15.0. The first-order chi connectivity index (χ1) is 9.55. The lowest BCUT2D eigenvalue weighted by Crippen LogP contribution is -2.53. The Bertz CT molecular complexity index is 322. The number of methoxy groups -OCH3 is 1. The minimum atomic E-state index is -0.965. The molecule has 1 atom stereocenters. The fourth-order valence-electron chi connectivity index (χ4n) is 2.60. The molecule has 0 spiro atoms. The number of aliphatic carboxylic acids is 1. The molecule has 0 radical (unpaired) electrons. The lowest BCUT2D eigenvalue weighted by molar-refractivity contribution is -0.146. The Morgan fingerprint density at radius 1 is 1.40 bits per heavy atom. The first-order valence-corrected chi connectivity index (χ1v) is 7.29. The Morgan fingerprint density at radius 3 is 2.55 bits per heavy atom. The predicted octanol–water partition coefficient (Wildman–Crippen LogP) is 0.762. The number of hydrogen-bond acceptors (Lipinski definition) is 4. The van der Waals surface area contributed by atoms with Gasteiger partial charge in [-0.25, -0.2) is 4.79 Å². The van der Waals surface area contributed by atoms with Crippen molar-refractivity contribution in [3.05, 3.63) is 0 Å². The van der Waals surface area contributed by atoms with Gasteiger partial charge in [-0.05, 0) is 32.4 Å². The van der Waals surface area contributed by atoms with Gasteiger partial charge in [-0.2, -0.15) is 0 Å². The van der Waals surface area contributed by atoms with Gasteiger partial charge in [-0.1, -0.05) is 19.8 Å². The highest BCUT2D eigenvalue weighted by atomic mass is 16.5. The Kier molecular flexibility index (Phi) is 6.95. The van der Waals surface area contributed by atoms with Crippen molar-refractivity contribution < 1.29 is 19.4 Å². The van der Waals surface area contributed by atoms with E-state index in [9.17, 15) is 14.7 Å². The Labute approximate surface area is 120 Å². The SMILES string of the molecule is CCCC[C@H](NC(=O)C1(COC)CCNCC1)C(=O)O. The summed E-state index contributed by atoms with van der Waals surface area (Å²) in [5.74, 6) is -1.15. The zero-order valence-electron chi connectivity index (χ0n) is 12.4. The maximum Gasteiger partial charge on any atom is 0.326 e. The summed E-state index contributed by atoms with van der Waals surface area (Å²) in [6.07, 6.45) is 3.52. The molecular formula is C14H26N2O4. The van der Waals surface area contributed by atoms with Crippen LogP contribution in [0.3, 0.4) is 0 Å². The minimum Gasteiger partial charge on any atom is -0.480 e. The van der Waals surface area contributed by atoms with Crippen LogP contribution < -0.4 is 10.6 Å². The van der Waals surface area contributed by atoms with Crippen molar-refractivity contribution in [2.75, 3.05) is 26.8 Å². The van der Waals surface area contributed by atoms with E-state index in [-0.39, 0.29) is 5.91 Å². The van der Waals surface area contributed by atoms with Crippen molar-refractivity contribution in [2.24, 2.45) is 5.41 Å². The number of nitrogens with one attached hydrogen (secondary N) is 2. The van der Waals surface area contributed by atoms with Crippen LogP contribution in [0.1, 0.15) is 39.0 Å². The molecule has 1 fully saturated rings. The van der Waals surface area contributed by atoms with Gasteiger partial charge in [0, 0.05) is 7.11 Å². The highest BCUT2D eigenvalue weighted by molar-refractivity contribution is 5.87. The number of piperidine rings is 1. The van der Waals surface area contributed by atoms with Crippen molar-refractivity contribution in [3.8, 4) is 0 Å². The first-order valence-electron chi connectivity index (χ1n) is 7.29. The van der Waals surface area contributed by atoms with Crippen molar-refractivity contribution in [3.63, 3.8) is 0 Å². The molecule has 0 aromatic heterocycles. The number of carbonyl (C=O) groups excluding carboxylic acids is 1. The molecule has 0 bridgehead atoms. The van der Waals surface area contributed by atoms with Crippen LogP contribution in [0, 0.1) is 5.41 Å². The minimum absolute atomic E-state index is 0.190. The van der Waals surface area contributed by atoms with Crippen LogP contribution in [-0.4, -0.2) is 49.8 Å². The van der Waals surface area contributed by atoms with E-state index in [1.807, 2.05) is 6.92 Å². The van der Waals surface area contributed by atoms with Crippen LogP contribution in [0.5, 0.6) is 0 Å². The molecule has 0 aromatic carbocycles. The van der Waals surface area contributed by atoms with Crippen LogP contribution in [0.15, 0.2) is 0 Å². The number of amides is 1. The third kappa shape index (κ3) is 4.45. The van der Waals surface area contributed by atoms with Gasteiger partial charge in [-0.15, -0.1) is 0 Å². The summed E-state index contributed by atoms with van der Waals surface area (Å²) in [4.78, 5) is 23.7. The zero-order valence-corrected chi connectivity index (χ0v) is 12.4. The number of ether oxygens (including phenoxy) is 1. The number of hydrogen-bond donors (Lipinski definition) is 3. The standard InChI is InChI=1S/C14H26N2O4/c1-3-4-5-11(12(17)18)16-13(19)14(10-20-2)6-8-15-9-7-14/h11,15H,3-10H2,1-2H3,(H,16,19)(H,17,18)/t11-/m0/s1. The van der Waals surface area contributed by atoms with E-state index in [0.29, 0.717) is 25.9 Å². The molecule has 0 aliphatic carbocycles. The fourth-order valence-corrected chi connectivity index (χ4v) is 2.60. The number of unbranched alkanes of at least 4 members (excludes halogenated alkanes) is 1. The summed E-state index contributed by atoms with van der Waals surface area (Å²) in [5, 5.41) is 15.1. The summed E-state index contributed by atoms with van der Waals surface area (Å²) in [5.41, 5.74) is -0.597. The number of carbonyl (C=O) groups is 2. The molecule has 0 aromatic rings. The van der Waals surface area contributed by atoms with Crippen molar-refractivity contribution >= 4 is 11.9 Å². The van der Waals surface area contributed by atoms with Crippen molar-refractivity contribution in [1.82, 2.24) is 10.6 Å². The monoisotopic (exact) mass is 286 g/mol. The number of carboxylic acid groups (broad SMARTS) is 1. The smallest absolute Gasteiger partial charge is 0.326 e. The molecule has 6 nitrogen and oxygen atoms in total. The summed E-state index contributed by atoms with van der Waals surface area (Å²) in [7, 11) is 1.57. The van der Waals surface area contributed by atoms with E-state index >= 15 is 0 Å². The average molecular weight is 286 g/mol. The van der Waals surface area contributed by atoms with Crippen molar-refractivity contribution in [1.29, 1.82) is 0 Å². The van der Waals surface area contributed by atoms with Crippen molar-refractivity contribution in [2.45, 2.75) is 45.1 Å². The highest BCUT2D eigenvalue weighted by Crippen LogP contribution is 2.29. The molecule has 1 aliphatic heterocycles. The molecule has 1 amide bonds. The predicted molar refractivity (Wildman–Crippen MR) is 75.5 cm³/mol. The lowest BCUT2D eigenvalue weighted by atomic mass is 9.78. The van der Waals surface area contributed by atoms with E-state index in [1.165, 1.54) is 0 Å². The molecule has 6 heteroatoms. The maximum absolute atomic E-state index is 12.5. The van der Waals surface area contributed by atoms with Gasteiger partial charge < -0.3 is 20.5 Å². The van der Waals surface area contributed by atoms with Crippen LogP contribution >= 0.6 is 0 Å². The number of rotatable bonds is 8. The summed E-state index contributed by atoms with van der Waals surface area (Å²) in [6.45, 7) is 3.84. The lowest BCUT2D eigenvalue weighted by Gasteiger charge is -2.36. The topological polar surface area (TPSA) is 87.7 Å². The van der Waals surface area contributed by atoms with E-state index in [4.69, 9.17) is 4.74 Å². The Morgan fingerprint density at radius 2 is 2.05 bits per heavy atom. The van der Waals surface area contributed by atoms with Crippen LogP contribution in [0.2, 0.25) is 0 Å².